The van der Waals surface area contributed by atoms with Gasteiger partial charge in [0.05, 0.1) is 17.5 Å². The van der Waals surface area contributed by atoms with Crippen LogP contribution < -0.4 is 15.0 Å². The molecule has 2 fully saturated rings. The van der Waals surface area contributed by atoms with Gasteiger partial charge in [0.25, 0.3) is 0 Å². The van der Waals surface area contributed by atoms with Crippen LogP contribution in [0.3, 0.4) is 0 Å². The van der Waals surface area contributed by atoms with Gasteiger partial charge in [0, 0.05) is 19.1 Å². The Labute approximate surface area is 136 Å². The van der Waals surface area contributed by atoms with Crippen molar-refractivity contribution in [3.05, 3.63) is 24.3 Å². The van der Waals surface area contributed by atoms with Gasteiger partial charge < -0.3 is 15.0 Å². The van der Waals surface area contributed by atoms with Gasteiger partial charge in [0.15, 0.2) is 0 Å². The Morgan fingerprint density at radius 3 is 2.86 bits per heavy atom. The summed E-state index contributed by atoms with van der Waals surface area (Å²) < 4.78 is 5.33. The summed E-state index contributed by atoms with van der Waals surface area (Å²) in [5.41, 5.74) is 1.12. The van der Waals surface area contributed by atoms with E-state index in [4.69, 9.17) is 4.74 Å². The van der Waals surface area contributed by atoms with Gasteiger partial charge in [-0.25, -0.2) is 0 Å². The van der Waals surface area contributed by atoms with Gasteiger partial charge in [-0.1, -0.05) is 12.1 Å². The Balaban J connectivity index is 1.65. The lowest BCUT2D eigenvalue weighted by Gasteiger charge is -2.36. The summed E-state index contributed by atoms with van der Waals surface area (Å²) >= 11 is 1.69. The minimum Gasteiger partial charge on any atom is -0.495 e. The second kappa shape index (κ2) is 6.41. The standard InChI is InChI=1S/C17H24N2O2S/c1-21-15-8-4-3-7-14(15)19-11-5-6-13(12-19)18-16(20)17(22-2)9-10-17/h3-4,7-8,13H,5-6,9-12H2,1-2H3,(H,18,20)/t13-/m1/s1. The van der Waals surface area contributed by atoms with Gasteiger partial charge >= 0.3 is 0 Å². The number of hydrogen-bond donors (Lipinski definition) is 1. The zero-order chi connectivity index (χ0) is 15.6. The van der Waals surface area contributed by atoms with Crippen molar-refractivity contribution in [1.29, 1.82) is 0 Å². The molecule has 1 aromatic carbocycles. The number of benzene rings is 1. The minimum atomic E-state index is -0.132. The molecule has 1 aromatic rings. The van der Waals surface area contributed by atoms with E-state index in [9.17, 15) is 4.79 Å². The smallest absolute Gasteiger partial charge is 0.236 e. The molecule has 0 bridgehead atoms. The molecule has 5 heteroatoms. The molecular formula is C17H24N2O2S. The summed E-state index contributed by atoms with van der Waals surface area (Å²) in [6, 6.07) is 8.33. The lowest BCUT2D eigenvalue weighted by atomic mass is 10.0. The van der Waals surface area contributed by atoms with Crippen molar-refractivity contribution in [2.24, 2.45) is 0 Å². The number of rotatable bonds is 5. The number of carbonyl (C=O) groups is 1. The van der Waals surface area contributed by atoms with Crippen molar-refractivity contribution in [3.63, 3.8) is 0 Å². The van der Waals surface area contributed by atoms with E-state index in [0.717, 1.165) is 50.2 Å². The number of amides is 1. The van der Waals surface area contributed by atoms with Gasteiger partial charge in [-0.2, -0.15) is 0 Å². The third kappa shape index (κ3) is 3.05. The summed E-state index contributed by atoms with van der Waals surface area (Å²) in [5.74, 6) is 1.13. The first-order chi connectivity index (χ1) is 10.7. The van der Waals surface area contributed by atoms with Crippen LogP contribution in [0.4, 0.5) is 5.69 Å². The second-order valence-electron chi connectivity index (χ2n) is 6.13. The van der Waals surface area contributed by atoms with E-state index in [1.54, 1.807) is 18.9 Å². The van der Waals surface area contributed by atoms with E-state index in [-0.39, 0.29) is 16.7 Å². The van der Waals surface area contributed by atoms with Crippen molar-refractivity contribution >= 4 is 23.4 Å². The Hall–Kier alpha value is -1.36. The Morgan fingerprint density at radius 1 is 1.41 bits per heavy atom. The first-order valence-electron chi connectivity index (χ1n) is 7.92. The zero-order valence-corrected chi connectivity index (χ0v) is 14.1. The lowest BCUT2D eigenvalue weighted by Crippen LogP contribution is -2.50. The molecule has 4 nitrogen and oxygen atoms in total. The van der Waals surface area contributed by atoms with Crippen LogP contribution in [0.25, 0.3) is 0 Å². The number of para-hydroxylation sites is 2. The maximum absolute atomic E-state index is 12.4. The first kappa shape index (κ1) is 15.5. The number of methoxy groups -OCH3 is 1. The number of thioether (sulfide) groups is 1. The number of hydrogen-bond acceptors (Lipinski definition) is 4. The lowest BCUT2D eigenvalue weighted by molar-refractivity contribution is -0.122. The monoisotopic (exact) mass is 320 g/mol. The summed E-state index contributed by atoms with van der Waals surface area (Å²) in [5, 5.41) is 3.27. The van der Waals surface area contributed by atoms with Crippen LogP contribution in [0, 0.1) is 0 Å². The van der Waals surface area contributed by atoms with Gasteiger partial charge in [-0.05, 0) is 44.1 Å². The fraction of sp³-hybridized carbons (Fsp3) is 0.588. The molecule has 1 aliphatic heterocycles. The predicted octanol–water partition coefficient (Wildman–Crippen LogP) is 2.68. The van der Waals surface area contributed by atoms with E-state index in [0.29, 0.717) is 0 Å². The molecule has 2 aliphatic rings. The fourth-order valence-corrected chi connectivity index (χ4v) is 3.91. The molecule has 0 unspecified atom stereocenters. The van der Waals surface area contributed by atoms with E-state index in [1.165, 1.54) is 0 Å². The van der Waals surface area contributed by atoms with Crippen LogP contribution >= 0.6 is 11.8 Å². The van der Waals surface area contributed by atoms with Crippen molar-refractivity contribution in [2.75, 3.05) is 31.4 Å². The fourth-order valence-electron chi connectivity index (χ4n) is 3.16. The molecule has 1 amide bonds. The van der Waals surface area contributed by atoms with Gasteiger partial charge in [0.1, 0.15) is 5.75 Å². The molecule has 120 valence electrons. The molecule has 1 aliphatic carbocycles. The zero-order valence-electron chi connectivity index (χ0n) is 13.3. The van der Waals surface area contributed by atoms with Crippen LogP contribution in [0.2, 0.25) is 0 Å². The topological polar surface area (TPSA) is 41.6 Å². The van der Waals surface area contributed by atoms with Crippen LogP contribution in [-0.4, -0.2) is 43.2 Å². The highest BCUT2D eigenvalue weighted by atomic mass is 32.2. The molecule has 1 heterocycles. The summed E-state index contributed by atoms with van der Waals surface area (Å²) in [6.45, 7) is 1.87. The van der Waals surface area contributed by atoms with Gasteiger partial charge in [0.2, 0.25) is 5.91 Å². The quantitative estimate of drug-likeness (QED) is 0.906. The molecule has 1 saturated carbocycles. The number of piperidine rings is 1. The number of ether oxygens (including phenoxy) is 1. The molecule has 22 heavy (non-hydrogen) atoms. The first-order valence-corrected chi connectivity index (χ1v) is 9.15. The predicted molar refractivity (Wildman–Crippen MR) is 91.9 cm³/mol. The molecular weight excluding hydrogens is 296 g/mol. The number of nitrogens with one attached hydrogen (secondary N) is 1. The molecule has 0 radical (unpaired) electrons. The maximum atomic E-state index is 12.4. The average molecular weight is 320 g/mol. The van der Waals surface area contributed by atoms with E-state index >= 15 is 0 Å². The number of carbonyl (C=O) groups excluding carboxylic acids is 1. The average Bonchev–Trinajstić information content (AvgIpc) is 3.36. The van der Waals surface area contributed by atoms with Crippen molar-refractivity contribution < 1.29 is 9.53 Å². The SMILES string of the molecule is COc1ccccc1N1CCC[C@@H](NC(=O)C2(SC)CC2)C1. The second-order valence-corrected chi connectivity index (χ2v) is 7.32. The van der Waals surface area contributed by atoms with Crippen molar-refractivity contribution in [2.45, 2.75) is 36.5 Å². The molecule has 1 N–H and O–H groups in total. The van der Waals surface area contributed by atoms with Crippen LogP contribution in [0.5, 0.6) is 5.75 Å². The molecule has 0 aromatic heterocycles. The Bertz CT molecular complexity index is 545. The van der Waals surface area contributed by atoms with Crippen molar-refractivity contribution in [1.82, 2.24) is 5.32 Å². The summed E-state index contributed by atoms with van der Waals surface area (Å²) in [7, 11) is 1.71. The third-order valence-corrected chi connectivity index (χ3v) is 6.07. The number of anilines is 1. The molecule has 3 rings (SSSR count). The molecule has 0 spiro atoms. The summed E-state index contributed by atoms with van der Waals surface area (Å²) in [4.78, 5) is 14.7. The largest absolute Gasteiger partial charge is 0.495 e. The number of nitrogens with zero attached hydrogens (tertiary/aromatic N) is 1. The van der Waals surface area contributed by atoms with E-state index in [2.05, 4.69) is 16.3 Å². The minimum absolute atomic E-state index is 0.132. The summed E-state index contributed by atoms with van der Waals surface area (Å²) in [6.07, 6.45) is 6.22. The van der Waals surface area contributed by atoms with Gasteiger partial charge in [-0.3, -0.25) is 4.79 Å². The van der Waals surface area contributed by atoms with Crippen molar-refractivity contribution in [3.8, 4) is 5.75 Å². The van der Waals surface area contributed by atoms with E-state index < -0.39 is 0 Å². The van der Waals surface area contributed by atoms with Crippen LogP contribution in [0.1, 0.15) is 25.7 Å². The Kier molecular flexibility index (Phi) is 4.52. The highest BCUT2D eigenvalue weighted by Crippen LogP contribution is 2.47. The van der Waals surface area contributed by atoms with Gasteiger partial charge in [-0.15, -0.1) is 11.8 Å². The maximum Gasteiger partial charge on any atom is 0.236 e. The molecule has 1 atom stereocenters. The highest BCUT2D eigenvalue weighted by molar-refractivity contribution is 8.01. The van der Waals surface area contributed by atoms with E-state index in [1.807, 2.05) is 24.5 Å². The molecule has 1 saturated heterocycles. The third-order valence-electron chi connectivity index (χ3n) is 4.69. The van der Waals surface area contributed by atoms with Crippen LogP contribution in [-0.2, 0) is 4.79 Å². The normalized spacial score (nSPS) is 23.0. The highest BCUT2D eigenvalue weighted by Gasteiger charge is 2.49. The van der Waals surface area contributed by atoms with Crippen LogP contribution in [0.15, 0.2) is 24.3 Å². The Morgan fingerprint density at radius 2 is 2.18 bits per heavy atom.